The fourth-order valence-corrected chi connectivity index (χ4v) is 2.88. The van der Waals surface area contributed by atoms with Crippen LogP contribution in [0.25, 0.3) is 11.0 Å². The lowest BCUT2D eigenvalue weighted by atomic mass is 10.0. The Morgan fingerprint density at radius 1 is 1.35 bits per heavy atom. The van der Waals surface area contributed by atoms with Gasteiger partial charge in [-0.2, -0.15) is 13.2 Å². The Labute approximate surface area is 157 Å². The van der Waals surface area contributed by atoms with Gasteiger partial charge >= 0.3 is 6.18 Å². The molecule has 0 amide bonds. The number of alkyl halides is 3. The summed E-state index contributed by atoms with van der Waals surface area (Å²) in [6.07, 6.45) is -1.82. The number of ketones is 1. The highest BCUT2D eigenvalue weighted by Crippen LogP contribution is 2.32. The molecule has 1 aromatic carbocycles. The van der Waals surface area contributed by atoms with Crippen LogP contribution in [0.2, 0.25) is 5.02 Å². The molecule has 0 radical (unpaired) electrons. The maximum absolute atomic E-state index is 14.6. The third kappa shape index (κ3) is 3.68. The summed E-state index contributed by atoms with van der Waals surface area (Å²) >= 11 is 9.13. The maximum Gasteiger partial charge on any atom is 0.422 e. The first kappa shape index (κ1) is 18.7. The van der Waals surface area contributed by atoms with E-state index >= 15 is 0 Å². The minimum absolute atomic E-state index is 0.0718. The molecule has 1 N–H and O–H groups in total. The number of hydrogen-bond acceptors (Lipinski definition) is 3. The number of benzene rings is 1. The number of fused-ring (bicyclic) bond motifs is 1. The number of carbonyl (C=O) groups excluding carboxylic acids is 1. The molecule has 3 rings (SSSR count). The Morgan fingerprint density at radius 2 is 2.08 bits per heavy atom. The summed E-state index contributed by atoms with van der Waals surface area (Å²) in [5.74, 6) is -2.78. The highest BCUT2D eigenvalue weighted by atomic mass is 79.9. The van der Waals surface area contributed by atoms with Crippen molar-refractivity contribution in [2.45, 2.75) is 6.18 Å². The van der Waals surface area contributed by atoms with Crippen molar-refractivity contribution in [3.05, 3.63) is 57.0 Å². The smallest absolute Gasteiger partial charge is 0.422 e. The van der Waals surface area contributed by atoms with Gasteiger partial charge in [-0.25, -0.2) is 9.37 Å². The van der Waals surface area contributed by atoms with Crippen LogP contribution >= 0.6 is 27.5 Å². The van der Waals surface area contributed by atoms with E-state index in [0.717, 1.165) is 12.1 Å². The van der Waals surface area contributed by atoms with Gasteiger partial charge in [-0.05, 0) is 34.1 Å². The second-order valence-corrected chi connectivity index (χ2v) is 6.54. The van der Waals surface area contributed by atoms with Crippen molar-refractivity contribution in [2.24, 2.45) is 0 Å². The zero-order valence-corrected chi connectivity index (χ0v) is 15.0. The first-order chi connectivity index (χ1) is 12.2. The molecular formula is C16H8BrClF4N2O2. The molecule has 0 fully saturated rings. The van der Waals surface area contributed by atoms with E-state index in [1.165, 1.54) is 12.4 Å². The van der Waals surface area contributed by atoms with E-state index in [9.17, 15) is 22.4 Å². The minimum atomic E-state index is -4.65. The van der Waals surface area contributed by atoms with Gasteiger partial charge in [0.2, 0.25) is 0 Å². The number of H-pyrrole nitrogens is 1. The Hall–Kier alpha value is -2.13. The van der Waals surface area contributed by atoms with Crippen LogP contribution in [0.1, 0.15) is 15.9 Å². The van der Waals surface area contributed by atoms with Gasteiger partial charge < -0.3 is 9.72 Å². The molecule has 0 spiro atoms. The predicted octanol–water partition coefficient (Wildman–Crippen LogP) is 5.29. The first-order valence-electron chi connectivity index (χ1n) is 7.02. The van der Waals surface area contributed by atoms with Crippen LogP contribution < -0.4 is 4.74 Å². The molecular weight excluding hydrogens is 444 g/mol. The number of carbonyl (C=O) groups is 1. The summed E-state index contributed by atoms with van der Waals surface area (Å²) in [7, 11) is 0. The van der Waals surface area contributed by atoms with E-state index in [0.29, 0.717) is 15.5 Å². The Bertz CT molecular complexity index is 1000. The van der Waals surface area contributed by atoms with Crippen molar-refractivity contribution in [1.82, 2.24) is 9.97 Å². The number of aromatic amines is 1. The quantitative estimate of drug-likeness (QED) is 0.433. The van der Waals surface area contributed by atoms with Crippen LogP contribution in [0.5, 0.6) is 5.75 Å². The van der Waals surface area contributed by atoms with Gasteiger partial charge in [-0.1, -0.05) is 11.6 Å². The summed E-state index contributed by atoms with van der Waals surface area (Å²) in [4.78, 5) is 19.6. The molecule has 0 bridgehead atoms. The lowest BCUT2D eigenvalue weighted by molar-refractivity contribution is -0.153. The molecule has 4 nitrogen and oxygen atoms in total. The molecule has 0 aliphatic carbocycles. The van der Waals surface area contributed by atoms with Gasteiger partial charge in [-0.3, -0.25) is 4.79 Å². The Balaban J connectivity index is 2.04. The van der Waals surface area contributed by atoms with Crippen LogP contribution in [-0.2, 0) is 0 Å². The highest BCUT2D eigenvalue weighted by Gasteiger charge is 2.30. The summed E-state index contributed by atoms with van der Waals surface area (Å²) in [5.41, 5.74) is -0.118. The molecule has 136 valence electrons. The zero-order valence-electron chi connectivity index (χ0n) is 12.6. The second-order valence-electron chi connectivity index (χ2n) is 5.22. The van der Waals surface area contributed by atoms with Gasteiger partial charge in [0.25, 0.3) is 0 Å². The molecule has 0 atom stereocenters. The van der Waals surface area contributed by atoms with Gasteiger partial charge in [0.1, 0.15) is 5.65 Å². The van der Waals surface area contributed by atoms with E-state index in [1.54, 1.807) is 6.07 Å². The summed E-state index contributed by atoms with van der Waals surface area (Å²) in [6, 6.07) is 3.64. The molecule has 0 aliphatic rings. The SMILES string of the molecule is O=C(c1c(Cl)ccc(OCC(F)(F)F)c1F)c1c[nH]c2ncc(Br)cc12. The van der Waals surface area contributed by atoms with E-state index < -0.39 is 35.7 Å². The topological polar surface area (TPSA) is 55.0 Å². The molecule has 0 saturated carbocycles. The molecule has 0 saturated heterocycles. The van der Waals surface area contributed by atoms with E-state index in [1.807, 2.05) is 0 Å². The molecule has 3 aromatic rings. The molecule has 0 aliphatic heterocycles. The van der Waals surface area contributed by atoms with E-state index in [4.69, 9.17) is 11.6 Å². The maximum atomic E-state index is 14.6. The van der Waals surface area contributed by atoms with Crippen LogP contribution in [0.3, 0.4) is 0 Å². The van der Waals surface area contributed by atoms with Crippen molar-refractivity contribution in [1.29, 1.82) is 0 Å². The van der Waals surface area contributed by atoms with Crippen molar-refractivity contribution in [3.63, 3.8) is 0 Å². The number of pyridine rings is 1. The van der Waals surface area contributed by atoms with Gasteiger partial charge in [0.05, 0.1) is 10.6 Å². The molecule has 0 unspecified atom stereocenters. The number of aromatic nitrogens is 2. The van der Waals surface area contributed by atoms with Crippen LogP contribution in [-0.4, -0.2) is 28.5 Å². The van der Waals surface area contributed by atoms with Gasteiger partial charge in [-0.15, -0.1) is 0 Å². The lowest BCUT2D eigenvalue weighted by Gasteiger charge is -2.12. The van der Waals surface area contributed by atoms with Gasteiger partial charge in [0.15, 0.2) is 24.0 Å². The average molecular weight is 452 g/mol. The fourth-order valence-electron chi connectivity index (χ4n) is 2.31. The molecule has 10 heteroatoms. The monoisotopic (exact) mass is 450 g/mol. The zero-order chi connectivity index (χ0) is 19.1. The van der Waals surface area contributed by atoms with Crippen molar-refractivity contribution < 1.29 is 27.1 Å². The van der Waals surface area contributed by atoms with Crippen LogP contribution in [0.15, 0.2) is 35.1 Å². The predicted molar refractivity (Wildman–Crippen MR) is 90.2 cm³/mol. The molecule has 2 heterocycles. The van der Waals surface area contributed by atoms with Crippen molar-refractivity contribution >= 4 is 44.3 Å². The third-order valence-electron chi connectivity index (χ3n) is 3.42. The van der Waals surface area contributed by atoms with Gasteiger partial charge in [0, 0.05) is 27.8 Å². The largest absolute Gasteiger partial charge is 0.481 e. The molecule has 26 heavy (non-hydrogen) atoms. The highest BCUT2D eigenvalue weighted by molar-refractivity contribution is 9.10. The van der Waals surface area contributed by atoms with Crippen molar-refractivity contribution in [2.75, 3.05) is 6.61 Å². The van der Waals surface area contributed by atoms with Crippen molar-refractivity contribution in [3.8, 4) is 5.75 Å². The van der Waals surface area contributed by atoms with Crippen LogP contribution in [0, 0.1) is 5.82 Å². The van der Waals surface area contributed by atoms with E-state index in [-0.39, 0.29) is 10.6 Å². The number of hydrogen-bond donors (Lipinski definition) is 1. The minimum Gasteiger partial charge on any atom is -0.481 e. The van der Waals surface area contributed by atoms with E-state index in [2.05, 4.69) is 30.6 Å². The number of nitrogens with zero attached hydrogens (tertiary/aromatic N) is 1. The number of halogens is 6. The first-order valence-corrected chi connectivity index (χ1v) is 8.19. The second kappa shape index (κ2) is 6.88. The third-order valence-corrected chi connectivity index (χ3v) is 4.17. The average Bonchev–Trinajstić information content (AvgIpc) is 2.96. The Kier molecular flexibility index (Phi) is 4.94. The standard InChI is InChI=1S/C16H8BrClF4N2O2/c17-7-3-8-9(5-24-15(8)23-4-7)14(25)12-10(18)1-2-11(13(12)19)26-6-16(20,21)22/h1-5H,6H2,(H,23,24). The summed E-state index contributed by atoms with van der Waals surface area (Å²) < 4.78 is 56.5. The Morgan fingerprint density at radius 3 is 2.77 bits per heavy atom. The number of rotatable bonds is 4. The summed E-state index contributed by atoms with van der Waals surface area (Å²) in [5, 5.41) is 0.158. The number of ether oxygens (including phenoxy) is 1. The number of nitrogens with one attached hydrogen (secondary N) is 1. The summed E-state index contributed by atoms with van der Waals surface area (Å²) in [6.45, 7) is -1.69. The van der Waals surface area contributed by atoms with Crippen LogP contribution in [0.4, 0.5) is 17.6 Å². The molecule has 2 aromatic heterocycles. The lowest BCUT2D eigenvalue weighted by Crippen LogP contribution is -2.20. The normalized spacial score (nSPS) is 11.8. The fraction of sp³-hybridized carbons (Fsp3) is 0.125.